The van der Waals surface area contributed by atoms with Gasteiger partial charge in [-0.2, -0.15) is 0 Å². The molecule has 8 heteroatoms. The van der Waals surface area contributed by atoms with Crippen LogP contribution in [-0.2, 0) is 19.1 Å². The maximum Gasteiger partial charge on any atom is 0.332 e. The second kappa shape index (κ2) is 6.83. The molecular formula is C22H21N3O5. The van der Waals surface area contributed by atoms with E-state index in [1.54, 1.807) is 15.9 Å². The maximum atomic E-state index is 13.4. The number of urea groups is 1. The Kier molecular flexibility index (Phi) is 4.23. The molecule has 3 atom stereocenters. The number of esters is 1. The van der Waals surface area contributed by atoms with Gasteiger partial charge in [-0.05, 0) is 17.9 Å². The predicted octanol–water partition coefficient (Wildman–Crippen LogP) is 1.91. The molecule has 2 aromatic carbocycles. The zero-order valence-corrected chi connectivity index (χ0v) is 16.5. The van der Waals surface area contributed by atoms with Crippen molar-refractivity contribution >= 4 is 40.3 Å². The molecular weight excluding hydrogens is 386 g/mol. The first-order valence-electron chi connectivity index (χ1n) is 10.0. The quantitative estimate of drug-likeness (QED) is 0.571. The number of fused-ring (bicyclic) bond motifs is 6. The summed E-state index contributed by atoms with van der Waals surface area (Å²) in [4.78, 5) is 55.2. The molecule has 3 heterocycles. The molecule has 0 aliphatic carbocycles. The number of amides is 4. The third-order valence-electron chi connectivity index (χ3n) is 6.36. The van der Waals surface area contributed by atoms with Crippen LogP contribution in [0.2, 0.25) is 0 Å². The van der Waals surface area contributed by atoms with Gasteiger partial charge in [0.2, 0.25) is 5.91 Å². The molecule has 0 radical (unpaired) electrons. The SMILES string of the molecule is COC(=O)CCC(=O)N1C[C@H]2CC1[C@@H]1C(=O)N(c3cccc4ccccc34)C(=O)N21. The van der Waals surface area contributed by atoms with Crippen molar-refractivity contribution < 1.29 is 23.9 Å². The molecule has 0 saturated carbocycles. The Morgan fingerprint density at radius 1 is 1.07 bits per heavy atom. The van der Waals surface area contributed by atoms with E-state index in [-0.39, 0.29) is 42.8 Å². The Hall–Kier alpha value is -3.42. The summed E-state index contributed by atoms with van der Waals surface area (Å²) in [6.07, 6.45) is 0.639. The molecule has 3 aliphatic rings. The Balaban J connectivity index is 1.42. The van der Waals surface area contributed by atoms with Crippen LogP contribution in [-0.4, -0.2) is 65.4 Å². The number of nitrogens with zero attached hydrogens (tertiary/aromatic N) is 3. The highest BCUT2D eigenvalue weighted by atomic mass is 16.5. The van der Waals surface area contributed by atoms with Crippen molar-refractivity contribution in [3.05, 3.63) is 42.5 Å². The monoisotopic (exact) mass is 407 g/mol. The highest BCUT2D eigenvalue weighted by Gasteiger charge is 2.62. The van der Waals surface area contributed by atoms with Crippen LogP contribution >= 0.6 is 0 Å². The van der Waals surface area contributed by atoms with E-state index in [9.17, 15) is 19.2 Å². The molecule has 2 bridgehead atoms. The Labute approximate surface area is 173 Å². The highest BCUT2D eigenvalue weighted by molar-refractivity contribution is 6.25. The van der Waals surface area contributed by atoms with Crippen LogP contribution in [0.15, 0.2) is 42.5 Å². The second-order valence-corrected chi connectivity index (χ2v) is 7.89. The van der Waals surface area contributed by atoms with Gasteiger partial charge < -0.3 is 14.5 Å². The molecule has 5 rings (SSSR count). The van der Waals surface area contributed by atoms with E-state index in [1.165, 1.54) is 12.0 Å². The average Bonchev–Trinajstić information content (AvgIpc) is 3.43. The summed E-state index contributed by atoms with van der Waals surface area (Å²) in [5, 5.41) is 1.78. The first kappa shape index (κ1) is 18.6. The number of hydrogen-bond donors (Lipinski definition) is 0. The van der Waals surface area contributed by atoms with E-state index in [0.717, 1.165) is 10.8 Å². The molecule has 1 unspecified atom stereocenters. The topological polar surface area (TPSA) is 87.2 Å². The number of piperazine rings is 1. The minimum atomic E-state index is -0.669. The summed E-state index contributed by atoms with van der Waals surface area (Å²) in [7, 11) is 1.28. The first-order valence-corrected chi connectivity index (χ1v) is 10.0. The molecule has 2 aromatic rings. The van der Waals surface area contributed by atoms with Crippen molar-refractivity contribution in [3.8, 4) is 0 Å². The summed E-state index contributed by atoms with van der Waals surface area (Å²) in [5.74, 6) is -0.922. The number of rotatable bonds is 4. The molecule has 0 spiro atoms. The molecule has 30 heavy (non-hydrogen) atoms. The van der Waals surface area contributed by atoms with Crippen molar-refractivity contribution in [1.82, 2.24) is 9.80 Å². The van der Waals surface area contributed by atoms with E-state index < -0.39 is 12.0 Å². The van der Waals surface area contributed by atoms with Gasteiger partial charge >= 0.3 is 12.0 Å². The summed E-state index contributed by atoms with van der Waals surface area (Å²) in [5.41, 5.74) is 0.570. The molecule has 4 amide bonds. The van der Waals surface area contributed by atoms with Gasteiger partial charge in [0, 0.05) is 18.4 Å². The fourth-order valence-corrected chi connectivity index (χ4v) is 5.02. The van der Waals surface area contributed by atoms with Crippen LogP contribution < -0.4 is 4.90 Å². The number of carbonyl (C=O) groups excluding carboxylic acids is 4. The Bertz CT molecular complexity index is 1080. The van der Waals surface area contributed by atoms with Gasteiger partial charge in [0.1, 0.15) is 6.04 Å². The lowest BCUT2D eigenvalue weighted by Crippen LogP contribution is -2.54. The zero-order chi connectivity index (χ0) is 21.0. The van der Waals surface area contributed by atoms with Crippen LogP contribution in [0.1, 0.15) is 19.3 Å². The minimum Gasteiger partial charge on any atom is -0.469 e. The number of benzene rings is 2. The van der Waals surface area contributed by atoms with E-state index in [4.69, 9.17) is 0 Å². The Morgan fingerprint density at radius 3 is 2.63 bits per heavy atom. The molecule has 3 fully saturated rings. The van der Waals surface area contributed by atoms with Crippen LogP contribution in [0.4, 0.5) is 10.5 Å². The standard InChI is InChI=1S/C22H21N3O5/c1-30-19(27)10-9-18(26)23-12-14-11-17(23)20-21(28)25(22(29)24(14)20)16-8-4-6-13-5-2-3-7-15(13)16/h2-8,14,17,20H,9-12H2,1H3/t14-,17?,20-/m1/s1. The first-order chi connectivity index (χ1) is 14.5. The van der Waals surface area contributed by atoms with Crippen molar-refractivity contribution in [1.29, 1.82) is 0 Å². The van der Waals surface area contributed by atoms with Crippen molar-refractivity contribution in [2.24, 2.45) is 0 Å². The van der Waals surface area contributed by atoms with Crippen molar-refractivity contribution in [2.45, 2.75) is 37.4 Å². The molecule has 0 N–H and O–H groups in total. The normalized spacial score (nSPS) is 24.7. The fraction of sp³-hybridized carbons (Fsp3) is 0.364. The highest BCUT2D eigenvalue weighted by Crippen LogP contribution is 2.43. The largest absolute Gasteiger partial charge is 0.469 e. The van der Waals surface area contributed by atoms with E-state index in [2.05, 4.69) is 4.74 Å². The summed E-state index contributed by atoms with van der Waals surface area (Å²) in [6, 6.07) is 11.7. The number of ether oxygens (including phenoxy) is 1. The van der Waals surface area contributed by atoms with Gasteiger partial charge in [-0.25, -0.2) is 9.69 Å². The van der Waals surface area contributed by atoms with E-state index >= 15 is 0 Å². The van der Waals surface area contributed by atoms with Gasteiger partial charge in [-0.3, -0.25) is 14.4 Å². The van der Waals surface area contributed by atoms with Crippen LogP contribution in [0, 0.1) is 0 Å². The van der Waals surface area contributed by atoms with Crippen LogP contribution in [0.5, 0.6) is 0 Å². The molecule has 8 nitrogen and oxygen atoms in total. The number of imide groups is 1. The van der Waals surface area contributed by atoms with E-state index in [1.807, 2.05) is 36.4 Å². The van der Waals surface area contributed by atoms with Gasteiger partial charge in [-0.1, -0.05) is 36.4 Å². The number of anilines is 1. The van der Waals surface area contributed by atoms with Gasteiger partial charge in [0.25, 0.3) is 5.91 Å². The number of methoxy groups -OCH3 is 1. The summed E-state index contributed by atoms with van der Waals surface area (Å²) in [6.45, 7) is 0.392. The minimum absolute atomic E-state index is 0.00656. The number of hydrogen-bond acceptors (Lipinski definition) is 5. The second-order valence-electron chi connectivity index (χ2n) is 7.89. The van der Waals surface area contributed by atoms with Gasteiger partial charge in [0.05, 0.1) is 31.3 Å². The average molecular weight is 407 g/mol. The summed E-state index contributed by atoms with van der Waals surface area (Å²) < 4.78 is 4.60. The maximum absolute atomic E-state index is 13.4. The number of likely N-dealkylation sites (tertiary alicyclic amines) is 1. The molecule has 0 aromatic heterocycles. The Morgan fingerprint density at radius 2 is 1.83 bits per heavy atom. The van der Waals surface area contributed by atoms with Crippen molar-refractivity contribution in [2.75, 3.05) is 18.6 Å². The summed E-state index contributed by atoms with van der Waals surface area (Å²) >= 11 is 0. The van der Waals surface area contributed by atoms with Gasteiger partial charge in [-0.15, -0.1) is 0 Å². The third kappa shape index (κ3) is 2.59. The van der Waals surface area contributed by atoms with Crippen molar-refractivity contribution in [3.63, 3.8) is 0 Å². The zero-order valence-electron chi connectivity index (χ0n) is 16.5. The van der Waals surface area contributed by atoms with Gasteiger partial charge in [0.15, 0.2) is 0 Å². The predicted molar refractivity (Wildman–Crippen MR) is 108 cm³/mol. The fourth-order valence-electron chi connectivity index (χ4n) is 5.02. The van der Waals surface area contributed by atoms with Crippen LogP contribution in [0.25, 0.3) is 10.8 Å². The lowest BCUT2D eigenvalue weighted by molar-refractivity contribution is -0.144. The van der Waals surface area contributed by atoms with Crippen LogP contribution in [0.3, 0.4) is 0 Å². The number of carbonyl (C=O) groups is 4. The lowest BCUT2D eigenvalue weighted by atomic mass is 10.1. The molecule has 3 aliphatic heterocycles. The molecule has 154 valence electrons. The third-order valence-corrected chi connectivity index (χ3v) is 6.36. The smallest absolute Gasteiger partial charge is 0.332 e. The van der Waals surface area contributed by atoms with E-state index in [0.29, 0.717) is 18.7 Å². The molecule has 3 saturated heterocycles. The lowest BCUT2D eigenvalue weighted by Gasteiger charge is -2.34.